The van der Waals surface area contributed by atoms with Crippen molar-refractivity contribution in [1.29, 1.82) is 0 Å². The molecule has 1 atom stereocenters. The van der Waals surface area contributed by atoms with E-state index < -0.39 is 0 Å². The highest BCUT2D eigenvalue weighted by atomic mass is 16.3. The van der Waals surface area contributed by atoms with Gasteiger partial charge in [0, 0.05) is 12.6 Å². The summed E-state index contributed by atoms with van der Waals surface area (Å²) < 4.78 is 0. The minimum absolute atomic E-state index is 0.339. The predicted molar refractivity (Wildman–Crippen MR) is 73.0 cm³/mol. The Kier molecular flexibility index (Phi) is 6.23. The van der Waals surface area contributed by atoms with Gasteiger partial charge >= 0.3 is 0 Å². The van der Waals surface area contributed by atoms with Crippen LogP contribution in [0, 0.1) is 0 Å². The van der Waals surface area contributed by atoms with Crippen LogP contribution in [0.25, 0.3) is 0 Å². The van der Waals surface area contributed by atoms with Gasteiger partial charge in [0.25, 0.3) is 0 Å². The van der Waals surface area contributed by atoms with Crippen molar-refractivity contribution in [2.75, 3.05) is 13.1 Å². The molecule has 0 saturated carbocycles. The third-order valence-corrected chi connectivity index (χ3v) is 3.12. The zero-order valence-electron chi connectivity index (χ0n) is 11.3. The van der Waals surface area contributed by atoms with E-state index in [2.05, 4.69) is 25.7 Å². The first-order valence-corrected chi connectivity index (χ1v) is 6.62. The molecule has 0 aliphatic heterocycles. The summed E-state index contributed by atoms with van der Waals surface area (Å²) in [7, 11) is 0. The molecule has 0 aliphatic rings. The lowest BCUT2D eigenvalue weighted by molar-refractivity contribution is 0.130. The SMILES string of the molecule is CCCN(CCC(O)c1ccccc1)C(C)C. The summed E-state index contributed by atoms with van der Waals surface area (Å²) in [5.41, 5.74) is 1.02. The van der Waals surface area contributed by atoms with Gasteiger partial charge in [-0.25, -0.2) is 0 Å². The molecule has 2 heteroatoms. The first-order chi connectivity index (χ1) is 8.15. The molecule has 2 nitrogen and oxygen atoms in total. The minimum atomic E-state index is -0.339. The maximum Gasteiger partial charge on any atom is 0.0802 e. The van der Waals surface area contributed by atoms with Crippen LogP contribution in [0.2, 0.25) is 0 Å². The molecule has 1 aromatic rings. The second-order valence-corrected chi connectivity index (χ2v) is 4.84. The molecule has 0 saturated heterocycles. The Balaban J connectivity index is 2.43. The van der Waals surface area contributed by atoms with E-state index in [4.69, 9.17) is 0 Å². The van der Waals surface area contributed by atoms with E-state index in [1.807, 2.05) is 30.3 Å². The van der Waals surface area contributed by atoms with Gasteiger partial charge in [0.05, 0.1) is 6.10 Å². The standard InChI is InChI=1S/C15H25NO/c1-4-11-16(13(2)3)12-10-15(17)14-8-6-5-7-9-14/h5-9,13,15,17H,4,10-12H2,1-3H3. The number of benzene rings is 1. The van der Waals surface area contributed by atoms with Crippen molar-refractivity contribution in [2.24, 2.45) is 0 Å². The Labute approximate surface area is 105 Å². The number of hydrogen-bond donors (Lipinski definition) is 1. The number of aliphatic hydroxyl groups excluding tert-OH is 1. The maximum atomic E-state index is 10.1. The molecule has 0 radical (unpaired) electrons. The smallest absolute Gasteiger partial charge is 0.0802 e. The summed E-state index contributed by atoms with van der Waals surface area (Å²) in [6, 6.07) is 10.5. The Hall–Kier alpha value is -0.860. The van der Waals surface area contributed by atoms with E-state index in [0.29, 0.717) is 6.04 Å². The zero-order chi connectivity index (χ0) is 12.7. The van der Waals surface area contributed by atoms with Crippen LogP contribution < -0.4 is 0 Å². The summed E-state index contributed by atoms with van der Waals surface area (Å²) >= 11 is 0. The van der Waals surface area contributed by atoms with E-state index in [1.54, 1.807) is 0 Å². The summed E-state index contributed by atoms with van der Waals surface area (Å²) in [5, 5.41) is 10.1. The molecular formula is C15H25NO. The Morgan fingerprint density at radius 2 is 1.76 bits per heavy atom. The predicted octanol–water partition coefficient (Wildman–Crippen LogP) is 3.23. The van der Waals surface area contributed by atoms with Gasteiger partial charge in [0.1, 0.15) is 0 Å². The third kappa shape index (κ3) is 4.88. The van der Waals surface area contributed by atoms with Crippen LogP contribution in [0.15, 0.2) is 30.3 Å². The van der Waals surface area contributed by atoms with E-state index in [1.165, 1.54) is 6.42 Å². The summed E-state index contributed by atoms with van der Waals surface area (Å²) in [5.74, 6) is 0. The first-order valence-electron chi connectivity index (χ1n) is 6.62. The minimum Gasteiger partial charge on any atom is -0.388 e. The molecule has 1 unspecified atom stereocenters. The quantitative estimate of drug-likeness (QED) is 0.784. The average molecular weight is 235 g/mol. The number of hydrogen-bond acceptors (Lipinski definition) is 2. The highest BCUT2D eigenvalue weighted by Gasteiger charge is 2.12. The summed E-state index contributed by atoms with van der Waals surface area (Å²) in [6.07, 6.45) is 1.64. The van der Waals surface area contributed by atoms with Crippen LogP contribution >= 0.6 is 0 Å². The maximum absolute atomic E-state index is 10.1. The molecule has 1 aromatic carbocycles. The van der Waals surface area contributed by atoms with Crippen LogP contribution in [0.4, 0.5) is 0 Å². The van der Waals surface area contributed by atoms with Crippen molar-refractivity contribution in [3.8, 4) is 0 Å². The van der Waals surface area contributed by atoms with E-state index in [9.17, 15) is 5.11 Å². The van der Waals surface area contributed by atoms with Gasteiger partial charge in [0.15, 0.2) is 0 Å². The Bertz CT molecular complexity index is 297. The number of rotatable bonds is 7. The number of nitrogens with zero attached hydrogens (tertiary/aromatic N) is 1. The molecule has 1 rings (SSSR count). The van der Waals surface area contributed by atoms with Crippen molar-refractivity contribution in [3.63, 3.8) is 0 Å². The Morgan fingerprint density at radius 1 is 1.12 bits per heavy atom. The first kappa shape index (κ1) is 14.2. The van der Waals surface area contributed by atoms with Crippen LogP contribution in [0.1, 0.15) is 45.3 Å². The summed E-state index contributed by atoms with van der Waals surface area (Å²) in [6.45, 7) is 8.69. The second kappa shape index (κ2) is 7.46. The fourth-order valence-electron chi connectivity index (χ4n) is 2.05. The van der Waals surface area contributed by atoms with Gasteiger partial charge in [-0.15, -0.1) is 0 Å². The summed E-state index contributed by atoms with van der Waals surface area (Å²) in [4.78, 5) is 2.42. The highest BCUT2D eigenvalue weighted by molar-refractivity contribution is 5.17. The molecule has 1 N–H and O–H groups in total. The van der Waals surface area contributed by atoms with Gasteiger partial charge in [-0.1, -0.05) is 37.3 Å². The Morgan fingerprint density at radius 3 is 2.29 bits per heavy atom. The van der Waals surface area contributed by atoms with Gasteiger partial charge in [-0.3, -0.25) is 0 Å². The lowest BCUT2D eigenvalue weighted by Gasteiger charge is -2.27. The largest absolute Gasteiger partial charge is 0.388 e. The fraction of sp³-hybridized carbons (Fsp3) is 0.600. The van der Waals surface area contributed by atoms with Gasteiger partial charge in [-0.05, 0) is 38.8 Å². The fourth-order valence-corrected chi connectivity index (χ4v) is 2.05. The highest BCUT2D eigenvalue weighted by Crippen LogP contribution is 2.17. The molecular weight excluding hydrogens is 210 g/mol. The van der Waals surface area contributed by atoms with Crippen molar-refractivity contribution in [1.82, 2.24) is 4.90 Å². The van der Waals surface area contributed by atoms with Crippen LogP contribution in [0.5, 0.6) is 0 Å². The molecule has 96 valence electrons. The van der Waals surface area contributed by atoms with Crippen molar-refractivity contribution < 1.29 is 5.11 Å². The van der Waals surface area contributed by atoms with Crippen molar-refractivity contribution >= 4 is 0 Å². The molecule has 0 heterocycles. The van der Waals surface area contributed by atoms with Crippen molar-refractivity contribution in [2.45, 2.75) is 45.8 Å². The molecule has 0 amide bonds. The van der Waals surface area contributed by atoms with E-state index >= 15 is 0 Å². The van der Waals surface area contributed by atoms with Crippen LogP contribution in [0.3, 0.4) is 0 Å². The monoisotopic (exact) mass is 235 g/mol. The normalized spacial score (nSPS) is 13.3. The lowest BCUT2D eigenvalue weighted by atomic mass is 10.1. The van der Waals surface area contributed by atoms with Crippen LogP contribution in [-0.4, -0.2) is 29.1 Å². The molecule has 0 spiro atoms. The molecule has 17 heavy (non-hydrogen) atoms. The van der Waals surface area contributed by atoms with Crippen molar-refractivity contribution in [3.05, 3.63) is 35.9 Å². The van der Waals surface area contributed by atoms with Gasteiger partial charge in [-0.2, -0.15) is 0 Å². The number of aliphatic hydroxyl groups is 1. The molecule has 0 aromatic heterocycles. The molecule has 0 bridgehead atoms. The van der Waals surface area contributed by atoms with Gasteiger partial charge < -0.3 is 10.0 Å². The van der Waals surface area contributed by atoms with Crippen LogP contribution in [-0.2, 0) is 0 Å². The third-order valence-electron chi connectivity index (χ3n) is 3.12. The topological polar surface area (TPSA) is 23.5 Å². The van der Waals surface area contributed by atoms with E-state index in [0.717, 1.165) is 25.1 Å². The lowest BCUT2D eigenvalue weighted by Crippen LogP contribution is -2.33. The molecule has 0 aliphatic carbocycles. The van der Waals surface area contributed by atoms with E-state index in [-0.39, 0.29) is 6.10 Å². The molecule has 0 fully saturated rings. The van der Waals surface area contributed by atoms with Gasteiger partial charge in [0.2, 0.25) is 0 Å². The average Bonchev–Trinajstić information content (AvgIpc) is 2.34. The second-order valence-electron chi connectivity index (χ2n) is 4.84. The zero-order valence-corrected chi connectivity index (χ0v) is 11.3.